The van der Waals surface area contributed by atoms with Crippen LogP contribution in [0.15, 0.2) is 24.3 Å². The second-order valence-electron chi connectivity index (χ2n) is 5.94. The van der Waals surface area contributed by atoms with Crippen LogP contribution in [0.2, 0.25) is 5.02 Å². The quantitative estimate of drug-likeness (QED) is 0.697. The maximum atomic E-state index is 6.31. The molecule has 0 aromatic heterocycles. The van der Waals surface area contributed by atoms with E-state index in [0.29, 0.717) is 42.9 Å². The van der Waals surface area contributed by atoms with E-state index in [9.17, 15) is 0 Å². The summed E-state index contributed by atoms with van der Waals surface area (Å²) in [6.07, 6.45) is 0. The number of hydrogen-bond acceptors (Lipinski definition) is 4. The second kappa shape index (κ2) is 8.97. The van der Waals surface area contributed by atoms with E-state index in [1.54, 1.807) is 6.07 Å². The van der Waals surface area contributed by atoms with Crippen LogP contribution in [0, 0.1) is 20.8 Å². The summed E-state index contributed by atoms with van der Waals surface area (Å²) in [5, 5.41) is 0.494. The number of rotatable bonds is 8. The molecule has 0 aliphatic rings. The number of halogens is 1. The molecule has 0 fully saturated rings. The fourth-order valence-corrected chi connectivity index (χ4v) is 2.88. The minimum Gasteiger partial charge on any atom is -0.490 e. The Morgan fingerprint density at radius 2 is 1.64 bits per heavy atom. The monoisotopic (exact) mass is 363 g/mol. The highest BCUT2D eigenvalue weighted by atomic mass is 35.5. The number of aryl methyl sites for hydroxylation is 2. The number of benzene rings is 2. The molecule has 0 aliphatic carbocycles. The van der Waals surface area contributed by atoms with Gasteiger partial charge in [-0.15, -0.1) is 0 Å². The van der Waals surface area contributed by atoms with E-state index in [0.717, 1.165) is 16.9 Å². The van der Waals surface area contributed by atoms with E-state index in [1.807, 2.05) is 19.1 Å². The zero-order valence-corrected chi connectivity index (χ0v) is 16.1. The summed E-state index contributed by atoms with van der Waals surface area (Å²) < 4.78 is 17.3. The van der Waals surface area contributed by atoms with Gasteiger partial charge in [-0.3, -0.25) is 0 Å². The van der Waals surface area contributed by atoms with Crippen molar-refractivity contribution >= 4 is 11.6 Å². The van der Waals surface area contributed by atoms with Crippen LogP contribution in [0.5, 0.6) is 17.2 Å². The smallest absolute Gasteiger partial charge is 0.179 e. The fourth-order valence-electron chi connectivity index (χ4n) is 2.59. The number of nitrogens with two attached hydrogens (primary N) is 1. The molecule has 0 radical (unpaired) electrons. The maximum Gasteiger partial charge on any atom is 0.179 e. The molecule has 5 heteroatoms. The molecule has 2 N–H and O–H groups in total. The van der Waals surface area contributed by atoms with Gasteiger partial charge in [0, 0.05) is 6.54 Å². The molecule has 0 spiro atoms. The Hall–Kier alpha value is -1.91. The molecule has 0 bridgehead atoms. The van der Waals surface area contributed by atoms with Gasteiger partial charge in [-0.25, -0.2) is 0 Å². The number of hydrogen-bond donors (Lipinski definition) is 1. The summed E-state index contributed by atoms with van der Waals surface area (Å²) in [7, 11) is 0. The molecule has 2 rings (SSSR count). The summed E-state index contributed by atoms with van der Waals surface area (Å²) in [5.41, 5.74) is 10.1. The molecule has 0 saturated heterocycles. The first kappa shape index (κ1) is 19.4. The van der Waals surface area contributed by atoms with Gasteiger partial charge in [0.15, 0.2) is 11.5 Å². The Labute approximate surface area is 154 Å². The minimum atomic E-state index is 0.369. The highest BCUT2D eigenvalue weighted by Gasteiger charge is 2.12. The Morgan fingerprint density at radius 3 is 2.32 bits per heavy atom. The normalized spacial score (nSPS) is 10.6. The molecule has 136 valence electrons. The average molecular weight is 364 g/mol. The third-order valence-electron chi connectivity index (χ3n) is 3.96. The summed E-state index contributed by atoms with van der Waals surface area (Å²) >= 11 is 6.31. The van der Waals surface area contributed by atoms with Crippen LogP contribution < -0.4 is 19.9 Å². The lowest BCUT2D eigenvalue weighted by molar-refractivity contribution is 0.207. The topological polar surface area (TPSA) is 53.7 Å². The van der Waals surface area contributed by atoms with Crippen molar-refractivity contribution < 1.29 is 14.2 Å². The molecule has 2 aromatic rings. The van der Waals surface area contributed by atoms with E-state index < -0.39 is 0 Å². The SMILES string of the molecule is CCOc1cc(CN)cc(Cl)c1OCCOc1cc(C)cc(C)c1C. The molecule has 0 heterocycles. The average Bonchev–Trinajstić information content (AvgIpc) is 2.57. The van der Waals surface area contributed by atoms with E-state index >= 15 is 0 Å². The Bertz CT molecular complexity index is 731. The van der Waals surface area contributed by atoms with Crippen molar-refractivity contribution in [3.8, 4) is 17.2 Å². The van der Waals surface area contributed by atoms with Crippen molar-refractivity contribution in [2.75, 3.05) is 19.8 Å². The van der Waals surface area contributed by atoms with Gasteiger partial charge < -0.3 is 19.9 Å². The van der Waals surface area contributed by atoms with Gasteiger partial charge in [0.1, 0.15) is 19.0 Å². The highest BCUT2D eigenvalue weighted by molar-refractivity contribution is 6.32. The zero-order valence-electron chi connectivity index (χ0n) is 15.3. The van der Waals surface area contributed by atoms with Crippen molar-refractivity contribution in [2.24, 2.45) is 5.73 Å². The van der Waals surface area contributed by atoms with Crippen molar-refractivity contribution in [1.29, 1.82) is 0 Å². The molecule has 0 saturated carbocycles. The van der Waals surface area contributed by atoms with Gasteiger partial charge >= 0.3 is 0 Å². The summed E-state index contributed by atoms with van der Waals surface area (Å²) in [6, 6.07) is 7.84. The molecule has 0 unspecified atom stereocenters. The van der Waals surface area contributed by atoms with E-state index in [4.69, 9.17) is 31.5 Å². The third-order valence-corrected chi connectivity index (χ3v) is 4.24. The molecule has 2 aromatic carbocycles. The lowest BCUT2D eigenvalue weighted by Crippen LogP contribution is -2.11. The van der Waals surface area contributed by atoms with Crippen molar-refractivity contribution in [2.45, 2.75) is 34.2 Å². The van der Waals surface area contributed by atoms with Gasteiger partial charge in [-0.05, 0) is 68.1 Å². The van der Waals surface area contributed by atoms with Crippen molar-refractivity contribution in [3.05, 3.63) is 51.5 Å². The van der Waals surface area contributed by atoms with Crippen LogP contribution >= 0.6 is 11.6 Å². The minimum absolute atomic E-state index is 0.369. The van der Waals surface area contributed by atoms with Crippen LogP contribution in [0.3, 0.4) is 0 Å². The fraction of sp³-hybridized carbons (Fsp3) is 0.400. The molecule has 0 aliphatic heterocycles. The Balaban J connectivity index is 2.02. The second-order valence-corrected chi connectivity index (χ2v) is 6.35. The lowest BCUT2D eigenvalue weighted by atomic mass is 10.1. The van der Waals surface area contributed by atoms with Crippen LogP contribution in [-0.2, 0) is 6.54 Å². The van der Waals surface area contributed by atoms with Gasteiger partial charge in [0.2, 0.25) is 0 Å². The van der Waals surface area contributed by atoms with Gasteiger partial charge in [-0.1, -0.05) is 17.7 Å². The van der Waals surface area contributed by atoms with Crippen LogP contribution in [0.4, 0.5) is 0 Å². The van der Waals surface area contributed by atoms with Crippen LogP contribution in [0.1, 0.15) is 29.2 Å². The predicted molar refractivity (Wildman–Crippen MR) is 102 cm³/mol. The van der Waals surface area contributed by atoms with Gasteiger partial charge in [0.05, 0.1) is 11.6 Å². The first-order chi connectivity index (χ1) is 12.0. The number of ether oxygens (including phenoxy) is 3. The Kier molecular flexibility index (Phi) is 6.97. The summed E-state index contributed by atoms with van der Waals surface area (Å²) in [6.45, 7) is 9.83. The largest absolute Gasteiger partial charge is 0.490 e. The van der Waals surface area contributed by atoms with Crippen molar-refractivity contribution in [3.63, 3.8) is 0 Å². The van der Waals surface area contributed by atoms with Gasteiger partial charge in [-0.2, -0.15) is 0 Å². The van der Waals surface area contributed by atoms with E-state index in [1.165, 1.54) is 11.1 Å². The Morgan fingerprint density at radius 1 is 0.920 bits per heavy atom. The maximum absolute atomic E-state index is 6.31. The first-order valence-electron chi connectivity index (χ1n) is 8.45. The molecule has 0 atom stereocenters. The van der Waals surface area contributed by atoms with Crippen LogP contribution in [0.25, 0.3) is 0 Å². The van der Waals surface area contributed by atoms with E-state index in [2.05, 4.69) is 26.8 Å². The standard InChI is InChI=1S/C20H26ClNO3/c1-5-23-19-11-16(12-22)10-17(21)20(19)25-7-6-24-18-9-13(2)8-14(3)15(18)4/h8-11H,5-7,12,22H2,1-4H3. The van der Waals surface area contributed by atoms with E-state index in [-0.39, 0.29) is 0 Å². The van der Waals surface area contributed by atoms with Crippen LogP contribution in [-0.4, -0.2) is 19.8 Å². The predicted octanol–water partition coefficient (Wildman–Crippen LogP) is 4.58. The zero-order chi connectivity index (χ0) is 18.4. The van der Waals surface area contributed by atoms with Gasteiger partial charge in [0.25, 0.3) is 0 Å². The first-order valence-corrected chi connectivity index (χ1v) is 8.82. The van der Waals surface area contributed by atoms with Crippen molar-refractivity contribution in [1.82, 2.24) is 0 Å². The molecule has 25 heavy (non-hydrogen) atoms. The molecular formula is C20H26ClNO3. The third kappa shape index (κ3) is 5.03. The summed E-state index contributed by atoms with van der Waals surface area (Å²) in [4.78, 5) is 0. The lowest BCUT2D eigenvalue weighted by Gasteiger charge is -2.16. The molecule has 0 amide bonds. The molecular weight excluding hydrogens is 338 g/mol. The highest BCUT2D eigenvalue weighted by Crippen LogP contribution is 2.36. The summed E-state index contributed by atoms with van der Waals surface area (Å²) in [5.74, 6) is 2.02. The molecule has 4 nitrogen and oxygen atoms in total.